The molecule has 1 N–H and O–H groups in total. The zero-order valence-corrected chi connectivity index (χ0v) is 11.5. The summed E-state index contributed by atoms with van der Waals surface area (Å²) in [6.07, 6.45) is 6.50. The van der Waals surface area contributed by atoms with Crippen molar-refractivity contribution in [1.29, 1.82) is 0 Å². The first-order valence-electron chi connectivity index (χ1n) is 6.98. The first-order valence-corrected chi connectivity index (χ1v) is 6.98. The first kappa shape index (κ1) is 15.0. The average molecular weight is 213 g/mol. The monoisotopic (exact) mass is 213 g/mol. The molecule has 1 heteroatoms. The maximum atomic E-state index is 3.77. The van der Waals surface area contributed by atoms with Crippen LogP contribution in [-0.2, 0) is 0 Å². The molecule has 0 aromatic rings. The normalized spacial score (nSPS) is 12.0. The molecule has 0 aliphatic rings. The smallest absolute Gasteiger partial charge is 0.0123 e. The summed E-state index contributed by atoms with van der Waals surface area (Å²) >= 11 is 0. The Kier molecular flexibility index (Phi) is 9.18. The third kappa shape index (κ3) is 5.01. The first-order chi connectivity index (χ1) is 7.24. The second-order valence-corrected chi connectivity index (χ2v) is 4.63. The number of rotatable bonds is 9. The quantitative estimate of drug-likeness (QED) is 0.604. The Morgan fingerprint density at radius 3 is 1.40 bits per heavy atom. The highest BCUT2D eigenvalue weighted by molar-refractivity contribution is 4.80. The van der Waals surface area contributed by atoms with Crippen molar-refractivity contribution in [3.63, 3.8) is 0 Å². The van der Waals surface area contributed by atoms with Crippen LogP contribution >= 0.6 is 0 Å². The standard InChI is InChI=1S/C14H31N/c1-6-11-15-14(12(7-2)8-3)13(9-4)10-5/h12-15H,6-11H2,1-5H3. The summed E-state index contributed by atoms with van der Waals surface area (Å²) in [5.74, 6) is 1.72. The number of hydrogen-bond donors (Lipinski definition) is 1. The largest absolute Gasteiger partial charge is 0.313 e. The van der Waals surface area contributed by atoms with Crippen LogP contribution in [0.3, 0.4) is 0 Å². The predicted octanol–water partition coefficient (Wildman–Crippen LogP) is 4.23. The van der Waals surface area contributed by atoms with E-state index in [9.17, 15) is 0 Å². The minimum atomic E-state index is 0.745. The third-order valence-electron chi connectivity index (χ3n) is 3.74. The van der Waals surface area contributed by atoms with Crippen LogP contribution in [0, 0.1) is 11.8 Å². The summed E-state index contributed by atoms with van der Waals surface area (Å²) in [4.78, 5) is 0. The van der Waals surface area contributed by atoms with Crippen molar-refractivity contribution in [3.05, 3.63) is 0 Å². The molecule has 0 heterocycles. The molecule has 0 aromatic carbocycles. The Morgan fingerprint density at radius 2 is 1.13 bits per heavy atom. The molecule has 0 atom stereocenters. The lowest BCUT2D eigenvalue weighted by molar-refractivity contribution is 0.233. The van der Waals surface area contributed by atoms with E-state index in [1.54, 1.807) is 0 Å². The fraction of sp³-hybridized carbons (Fsp3) is 1.00. The summed E-state index contributed by atoms with van der Waals surface area (Å²) < 4.78 is 0. The van der Waals surface area contributed by atoms with E-state index in [-0.39, 0.29) is 0 Å². The molecule has 0 bridgehead atoms. The summed E-state index contributed by atoms with van der Waals surface area (Å²) in [6.45, 7) is 12.8. The molecule has 0 aliphatic heterocycles. The highest BCUT2D eigenvalue weighted by Gasteiger charge is 2.24. The molecule has 0 aliphatic carbocycles. The van der Waals surface area contributed by atoms with E-state index >= 15 is 0 Å². The van der Waals surface area contributed by atoms with Gasteiger partial charge in [-0.25, -0.2) is 0 Å². The van der Waals surface area contributed by atoms with Crippen LogP contribution in [0.2, 0.25) is 0 Å². The van der Waals surface area contributed by atoms with Gasteiger partial charge in [-0.05, 0) is 24.8 Å². The highest BCUT2D eigenvalue weighted by atomic mass is 14.9. The molecule has 0 radical (unpaired) electrons. The van der Waals surface area contributed by atoms with Crippen molar-refractivity contribution in [2.75, 3.05) is 6.54 Å². The Morgan fingerprint density at radius 1 is 0.733 bits per heavy atom. The van der Waals surface area contributed by atoms with E-state index in [0.29, 0.717) is 0 Å². The molecular formula is C14H31N. The van der Waals surface area contributed by atoms with Gasteiger partial charge < -0.3 is 5.32 Å². The lowest BCUT2D eigenvalue weighted by Gasteiger charge is -2.33. The van der Waals surface area contributed by atoms with E-state index in [4.69, 9.17) is 0 Å². The van der Waals surface area contributed by atoms with Gasteiger partial charge in [-0.1, -0.05) is 60.3 Å². The van der Waals surface area contributed by atoms with E-state index < -0.39 is 0 Å². The maximum Gasteiger partial charge on any atom is 0.0123 e. The van der Waals surface area contributed by atoms with Gasteiger partial charge in [0, 0.05) is 6.04 Å². The van der Waals surface area contributed by atoms with Crippen LogP contribution in [-0.4, -0.2) is 12.6 Å². The molecule has 0 fully saturated rings. The molecule has 92 valence electrons. The van der Waals surface area contributed by atoms with Crippen molar-refractivity contribution < 1.29 is 0 Å². The van der Waals surface area contributed by atoms with Crippen molar-refractivity contribution >= 4 is 0 Å². The lowest BCUT2D eigenvalue weighted by atomic mass is 9.82. The Labute approximate surface area is 97.0 Å². The van der Waals surface area contributed by atoms with Crippen molar-refractivity contribution in [1.82, 2.24) is 5.32 Å². The third-order valence-corrected chi connectivity index (χ3v) is 3.74. The second kappa shape index (κ2) is 9.21. The molecule has 0 unspecified atom stereocenters. The second-order valence-electron chi connectivity index (χ2n) is 4.63. The van der Waals surface area contributed by atoms with Crippen LogP contribution in [0.1, 0.15) is 66.7 Å². The Bertz CT molecular complexity index is 113. The van der Waals surface area contributed by atoms with E-state index in [1.807, 2.05) is 0 Å². The van der Waals surface area contributed by atoms with Crippen LogP contribution in [0.4, 0.5) is 0 Å². The molecule has 0 spiro atoms. The SMILES string of the molecule is CCCNC(C(CC)CC)C(CC)CC. The van der Waals surface area contributed by atoms with E-state index in [0.717, 1.165) is 17.9 Å². The van der Waals surface area contributed by atoms with Gasteiger partial charge in [-0.15, -0.1) is 0 Å². The zero-order valence-electron chi connectivity index (χ0n) is 11.5. The number of hydrogen-bond acceptors (Lipinski definition) is 1. The van der Waals surface area contributed by atoms with Gasteiger partial charge in [-0.2, -0.15) is 0 Å². The topological polar surface area (TPSA) is 12.0 Å². The van der Waals surface area contributed by atoms with Crippen LogP contribution in [0.15, 0.2) is 0 Å². The van der Waals surface area contributed by atoms with Crippen molar-refractivity contribution in [2.45, 2.75) is 72.8 Å². The molecular weight excluding hydrogens is 182 g/mol. The van der Waals surface area contributed by atoms with Gasteiger partial charge in [0.1, 0.15) is 0 Å². The molecule has 0 aromatic heterocycles. The zero-order chi connectivity index (χ0) is 11.7. The van der Waals surface area contributed by atoms with Gasteiger partial charge >= 0.3 is 0 Å². The van der Waals surface area contributed by atoms with Gasteiger partial charge in [0.05, 0.1) is 0 Å². The maximum absolute atomic E-state index is 3.77. The fourth-order valence-corrected chi connectivity index (χ4v) is 2.62. The van der Waals surface area contributed by atoms with Gasteiger partial charge in [0.25, 0.3) is 0 Å². The molecule has 1 nitrogen and oxygen atoms in total. The van der Waals surface area contributed by atoms with Crippen molar-refractivity contribution in [2.24, 2.45) is 11.8 Å². The fourth-order valence-electron chi connectivity index (χ4n) is 2.62. The minimum absolute atomic E-state index is 0.745. The van der Waals surface area contributed by atoms with Crippen LogP contribution in [0.25, 0.3) is 0 Å². The summed E-state index contributed by atoms with van der Waals surface area (Å²) in [7, 11) is 0. The average Bonchev–Trinajstić information content (AvgIpc) is 2.28. The van der Waals surface area contributed by atoms with Gasteiger partial charge in [0.15, 0.2) is 0 Å². The molecule has 0 saturated heterocycles. The van der Waals surface area contributed by atoms with Crippen molar-refractivity contribution in [3.8, 4) is 0 Å². The summed E-state index contributed by atoms with van der Waals surface area (Å²) in [6, 6.07) is 0.745. The number of nitrogens with one attached hydrogen (secondary N) is 1. The molecule has 0 rings (SSSR count). The molecule has 0 amide bonds. The Hall–Kier alpha value is -0.0400. The minimum Gasteiger partial charge on any atom is -0.313 e. The van der Waals surface area contributed by atoms with Gasteiger partial charge in [-0.3, -0.25) is 0 Å². The van der Waals surface area contributed by atoms with Crippen LogP contribution < -0.4 is 5.32 Å². The lowest BCUT2D eigenvalue weighted by Crippen LogP contribution is -2.42. The summed E-state index contributed by atoms with van der Waals surface area (Å²) in [5, 5.41) is 3.77. The van der Waals surface area contributed by atoms with Gasteiger partial charge in [0.2, 0.25) is 0 Å². The molecule has 0 saturated carbocycles. The summed E-state index contributed by atoms with van der Waals surface area (Å²) in [5.41, 5.74) is 0. The van der Waals surface area contributed by atoms with E-state index in [2.05, 4.69) is 39.9 Å². The predicted molar refractivity (Wildman–Crippen MR) is 70.2 cm³/mol. The highest BCUT2D eigenvalue weighted by Crippen LogP contribution is 2.24. The van der Waals surface area contributed by atoms with Crippen LogP contribution in [0.5, 0.6) is 0 Å². The van der Waals surface area contributed by atoms with E-state index in [1.165, 1.54) is 38.6 Å². The molecule has 15 heavy (non-hydrogen) atoms. The Balaban J connectivity index is 4.38.